The lowest BCUT2D eigenvalue weighted by atomic mass is 10.0. The molecule has 0 fully saturated rings. The minimum absolute atomic E-state index is 0.0938. The van der Waals surface area contributed by atoms with Crippen LogP contribution in [0.3, 0.4) is 0 Å². The van der Waals surface area contributed by atoms with Crippen LogP contribution in [0.2, 0.25) is 0 Å². The van der Waals surface area contributed by atoms with Gasteiger partial charge in [-0.3, -0.25) is 0 Å². The average Bonchev–Trinajstić information content (AvgIpc) is 2.37. The van der Waals surface area contributed by atoms with Crippen LogP contribution in [0.5, 0.6) is 0 Å². The fraction of sp³-hybridized carbons (Fsp3) is 0.143. The standard InChI is InChI=1S/C14H9Br3F2/c15-8-4-5-11(16)9(6-8)12(17)7-10-13(18)2-1-3-14(10)19/h1-6,12H,7H2. The maximum absolute atomic E-state index is 13.6. The summed E-state index contributed by atoms with van der Waals surface area (Å²) in [7, 11) is 0. The molecule has 0 aromatic heterocycles. The first-order valence-electron chi connectivity index (χ1n) is 5.51. The maximum Gasteiger partial charge on any atom is 0.129 e. The highest BCUT2D eigenvalue weighted by Crippen LogP contribution is 2.35. The Labute approximate surface area is 135 Å². The van der Waals surface area contributed by atoms with Gasteiger partial charge in [-0.15, -0.1) is 0 Å². The number of benzene rings is 2. The Kier molecular flexibility index (Phi) is 5.15. The van der Waals surface area contributed by atoms with Crippen LogP contribution in [0.25, 0.3) is 0 Å². The summed E-state index contributed by atoms with van der Waals surface area (Å²) in [6, 6.07) is 9.62. The van der Waals surface area contributed by atoms with Crippen LogP contribution in [0.1, 0.15) is 16.0 Å². The van der Waals surface area contributed by atoms with Crippen molar-refractivity contribution in [1.82, 2.24) is 0 Å². The largest absolute Gasteiger partial charge is 0.207 e. The average molecular weight is 455 g/mol. The molecule has 0 aliphatic rings. The fourth-order valence-corrected chi connectivity index (χ4v) is 3.68. The Balaban J connectivity index is 2.31. The molecule has 0 saturated carbocycles. The van der Waals surface area contributed by atoms with Gasteiger partial charge >= 0.3 is 0 Å². The van der Waals surface area contributed by atoms with E-state index in [1.807, 2.05) is 18.2 Å². The van der Waals surface area contributed by atoms with E-state index < -0.39 is 11.6 Å². The number of halogens is 5. The third-order valence-corrected chi connectivity index (χ3v) is 4.77. The molecule has 0 amide bonds. The van der Waals surface area contributed by atoms with E-state index in [1.165, 1.54) is 18.2 Å². The third kappa shape index (κ3) is 3.64. The van der Waals surface area contributed by atoms with Crippen LogP contribution >= 0.6 is 47.8 Å². The summed E-state index contributed by atoms with van der Waals surface area (Å²) in [5, 5.41) is 0. The van der Waals surface area contributed by atoms with Gasteiger partial charge in [-0.05, 0) is 42.3 Å². The van der Waals surface area contributed by atoms with E-state index in [1.54, 1.807) is 0 Å². The molecule has 0 aliphatic carbocycles. The van der Waals surface area contributed by atoms with Crippen molar-refractivity contribution in [3.8, 4) is 0 Å². The second-order valence-corrected chi connectivity index (χ2v) is 6.91. The summed E-state index contributed by atoms with van der Waals surface area (Å²) in [6.07, 6.45) is 0.244. The van der Waals surface area contributed by atoms with E-state index in [-0.39, 0.29) is 16.8 Å². The maximum atomic E-state index is 13.6. The molecule has 0 bridgehead atoms. The molecule has 100 valence electrons. The van der Waals surface area contributed by atoms with Crippen molar-refractivity contribution in [3.05, 3.63) is 68.1 Å². The molecule has 1 unspecified atom stereocenters. The van der Waals surface area contributed by atoms with Crippen molar-refractivity contribution in [1.29, 1.82) is 0 Å². The zero-order valence-corrected chi connectivity index (χ0v) is 14.4. The first-order chi connectivity index (χ1) is 8.99. The zero-order valence-electron chi connectivity index (χ0n) is 9.64. The molecule has 2 rings (SSSR count). The molecular weight excluding hydrogens is 446 g/mol. The van der Waals surface area contributed by atoms with E-state index >= 15 is 0 Å². The molecule has 0 heterocycles. The summed E-state index contributed by atoms with van der Waals surface area (Å²) in [6.45, 7) is 0. The van der Waals surface area contributed by atoms with Gasteiger partial charge in [0.15, 0.2) is 0 Å². The Morgan fingerprint density at radius 3 is 2.26 bits per heavy atom. The first kappa shape index (κ1) is 15.1. The van der Waals surface area contributed by atoms with Crippen LogP contribution in [0, 0.1) is 11.6 Å². The molecule has 0 radical (unpaired) electrons. The topological polar surface area (TPSA) is 0 Å². The minimum atomic E-state index is -0.518. The molecule has 5 heteroatoms. The van der Waals surface area contributed by atoms with E-state index in [2.05, 4.69) is 47.8 Å². The van der Waals surface area contributed by atoms with Gasteiger partial charge in [-0.1, -0.05) is 53.9 Å². The van der Waals surface area contributed by atoms with Crippen molar-refractivity contribution in [3.63, 3.8) is 0 Å². The summed E-state index contributed by atoms with van der Waals surface area (Å²) in [4.78, 5) is -0.175. The van der Waals surface area contributed by atoms with Gasteiger partial charge in [0, 0.05) is 19.3 Å². The van der Waals surface area contributed by atoms with Crippen molar-refractivity contribution in [2.45, 2.75) is 11.2 Å². The van der Waals surface area contributed by atoms with Gasteiger partial charge in [-0.25, -0.2) is 8.78 Å². The molecule has 19 heavy (non-hydrogen) atoms. The highest BCUT2D eigenvalue weighted by Gasteiger charge is 2.17. The Hall–Kier alpha value is -0.260. The molecule has 0 N–H and O–H groups in total. The van der Waals surface area contributed by atoms with Crippen molar-refractivity contribution < 1.29 is 8.78 Å². The van der Waals surface area contributed by atoms with Crippen molar-refractivity contribution in [2.24, 2.45) is 0 Å². The summed E-state index contributed by atoms with van der Waals surface area (Å²) < 4.78 is 29.1. The molecular formula is C14H9Br3F2. The Morgan fingerprint density at radius 2 is 1.63 bits per heavy atom. The normalized spacial score (nSPS) is 12.5. The van der Waals surface area contributed by atoms with Crippen LogP contribution in [-0.2, 0) is 6.42 Å². The Bertz CT molecular complexity index is 579. The lowest BCUT2D eigenvalue weighted by molar-refractivity contribution is 0.554. The van der Waals surface area contributed by atoms with Crippen LogP contribution < -0.4 is 0 Å². The smallest absolute Gasteiger partial charge is 0.129 e. The summed E-state index contributed by atoms with van der Waals surface area (Å²) in [5.41, 5.74) is 1.04. The number of rotatable bonds is 3. The highest BCUT2D eigenvalue weighted by atomic mass is 79.9. The van der Waals surface area contributed by atoms with Crippen molar-refractivity contribution in [2.75, 3.05) is 0 Å². The second-order valence-electron chi connectivity index (χ2n) is 4.04. The lowest BCUT2D eigenvalue weighted by Crippen LogP contribution is -2.02. The first-order valence-corrected chi connectivity index (χ1v) is 8.01. The van der Waals surface area contributed by atoms with Crippen LogP contribution in [-0.4, -0.2) is 0 Å². The monoisotopic (exact) mass is 452 g/mol. The van der Waals surface area contributed by atoms with Crippen LogP contribution in [0.4, 0.5) is 8.78 Å². The van der Waals surface area contributed by atoms with E-state index in [0.717, 1.165) is 14.5 Å². The molecule has 0 nitrogen and oxygen atoms in total. The van der Waals surface area contributed by atoms with E-state index in [4.69, 9.17) is 0 Å². The van der Waals surface area contributed by atoms with Crippen LogP contribution in [0.15, 0.2) is 45.3 Å². The van der Waals surface area contributed by atoms with Gasteiger partial charge in [-0.2, -0.15) is 0 Å². The quantitative estimate of drug-likeness (QED) is 0.486. The van der Waals surface area contributed by atoms with E-state index in [0.29, 0.717) is 0 Å². The predicted molar refractivity (Wildman–Crippen MR) is 83.6 cm³/mol. The second kappa shape index (κ2) is 6.46. The van der Waals surface area contributed by atoms with Gasteiger partial charge in [0.2, 0.25) is 0 Å². The zero-order chi connectivity index (χ0) is 14.0. The van der Waals surface area contributed by atoms with Gasteiger partial charge in [0.05, 0.1) is 0 Å². The van der Waals surface area contributed by atoms with Gasteiger partial charge in [0.1, 0.15) is 11.6 Å². The number of hydrogen-bond donors (Lipinski definition) is 0. The third-order valence-electron chi connectivity index (χ3n) is 2.74. The lowest BCUT2D eigenvalue weighted by Gasteiger charge is -2.14. The minimum Gasteiger partial charge on any atom is -0.207 e. The molecule has 0 spiro atoms. The van der Waals surface area contributed by atoms with E-state index in [9.17, 15) is 8.78 Å². The molecule has 0 aliphatic heterocycles. The Morgan fingerprint density at radius 1 is 1.00 bits per heavy atom. The predicted octanol–water partition coefficient (Wildman–Crippen LogP) is 6.17. The molecule has 1 atom stereocenters. The summed E-state index contributed by atoms with van der Waals surface area (Å²) >= 11 is 10.3. The van der Waals surface area contributed by atoms with Crippen molar-refractivity contribution >= 4 is 47.8 Å². The highest BCUT2D eigenvalue weighted by molar-refractivity contribution is 9.11. The molecule has 2 aromatic carbocycles. The summed E-state index contributed by atoms with van der Waals surface area (Å²) in [5.74, 6) is -1.04. The SMILES string of the molecule is Fc1cccc(F)c1CC(Br)c1cc(Br)ccc1Br. The van der Waals surface area contributed by atoms with Gasteiger partial charge in [0.25, 0.3) is 0 Å². The molecule has 0 saturated heterocycles. The molecule has 2 aromatic rings. The number of hydrogen-bond acceptors (Lipinski definition) is 0. The number of alkyl halides is 1. The fourth-order valence-electron chi connectivity index (χ4n) is 1.77. The van der Waals surface area contributed by atoms with Gasteiger partial charge < -0.3 is 0 Å².